The first-order valence-electron chi connectivity index (χ1n) is 11.5. The Balaban J connectivity index is 1.49. The van der Waals surface area contributed by atoms with E-state index in [1.165, 1.54) is 17.7 Å². The number of ether oxygens (including phenoxy) is 1. The van der Waals surface area contributed by atoms with Crippen molar-refractivity contribution in [2.45, 2.75) is 46.3 Å². The molecule has 2 aromatic heterocycles. The molecule has 9 heteroatoms. The molecule has 0 radical (unpaired) electrons. The number of carbonyl (C=O) groups is 2. The van der Waals surface area contributed by atoms with Crippen molar-refractivity contribution in [3.63, 3.8) is 0 Å². The number of fused-ring (bicyclic) bond motifs is 1. The van der Waals surface area contributed by atoms with Crippen LogP contribution in [0.3, 0.4) is 0 Å². The zero-order valence-corrected chi connectivity index (χ0v) is 20.4. The summed E-state index contributed by atoms with van der Waals surface area (Å²) in [5.74, 6) is -2.20. The Morgan fingerprint density at radius 2 is 1.69 bits per heavy atom. The molecule has 0 aliphatic heterocycles. The van der Waals surface area contributed by atoms with E-state index in [4.69, 9.17) is 4.74 Å². The van der Waals surface area contributed by atoms with Gasteiger partial charge < -0.3 is 13.9 Å². The van der Waals surface area contributed by atoms with Gasteiger partial charge in [-0.3, -0.25) is 9.59 Å². The number of halogens is 3. The molecule has 188 valence electrons. The molecule has 0 spiro atoms. The number of esters is 1. The number of nitrogens with zero attached hydrogens (tertiary/aromatic N) is 3. The van der Waals surface area contributed by atoms with Crippen LogP contribution in [-0.4, -0.2) is 32.5 Å². The number of rotatable bonds is 7. The number of aromatic nitrogens is 3. The second-order valence-electron chi connectivity index (χ2n) is 8.96. The zero-order chi connectivity index (χ0) is 26.2. The van der Waals surface area contributed by atoms with Crippen LogP contribution in [-0.2, 0) is 22.3 Å². The van der Waals surface area contributed by atoms with E-state index in [0.29, 0.717) is 17.2 Å². The highest BCUT2D eigenvalue weighted by Crippen LogP contribution is 2.31. The number of hydrogen-bond acceptors (Lipinski definition) is 4. The summed E-state index contributed by atoms with van der Waals surface area (Å²) in [5, 5.41) is 0. The standard InChI is InChI=1S/C27H26F3N3O3/c1-16(2)19-9-11-20(12-10-19)33-17(3)13-21(18(33)4)24(34)15-36-25(35)14-32-23-8-6-5-7-22(23)31-26(32)27(28,29)30/h5-13,16H,14-15H2,1-4H3. The third-order valence-corrected chi connectivity index (χ3v) is 6.11. The largest absolute Gasteiger partial charge is 0.456 e. The summed E-state index contributed by atoms with van der Waals surface area (Å²) in [5.41, 5.74) is 4.27. The van der Waals surface area contributed by atoms with Crippen LogP contribution in [0.1, 0.15) is 52.9 Å². The van der Waals surface area contributed by atoms with Gasteiger partial charge in [0, 0.05) is 22.6 Å². The van der Waals surface area contributed by atoms with Crippen LogP contribution in [0.25, 0.3) is 16.7 Å². The molecule has 4 aromatic rings. The average molecular weight is 498 g/mol. The SMILES string of the molecule is Cc1cc(C(=O)COC(=O)Cn2c(C(F)(F)F)nc3ccccc32)c(C)n1-c1ccc(C(C)C)cc1. The van der Waals surface area contributed by atoms with Gasteiger partial charge in [0.2, 0.25) is 11.6 Å². The molecular weight excluding hydrogens is 471 g/mol. The van der Waals surface area contributed by atoms with Gasteiger partial charge in [-0.1, -0.05) is 38.1 Å². The number of ketones is 1. The van der Waals surface area contributed by atoms with E-state index >= 15 is 0 Å². The minimum absolute atomic E-state index is 0.113. The third kappa shape index (κ3) is 4.91. The number of Topliss-reactive ketones (excluding diaryl/α,β-unsaturated/α-hetero) is 1. The molecule has 4 rings (SSSR count). The van der Waals surface area contributed by atoms with Crippen molar-refractivity contribution in [1.82, 2.24) is 14.1 Å². The summed E-state index contributed by atoms with van der Waals surface area (Å²) in [4.78, 5) is 28.9. The molecule has 0 unspecified atom stereocenters. The van der Waals surface area contributed by atoms with Crippen LogP contribution in [0.2, 0.25) is 0 Å². The molecule has 0 atom stereocenters. The molecule has 0 aliphatic carbocycles. The Labute approximate surface area is 206 Å². The molecule has 0 fully saturated rings. The lowest BCUT2D eigenvalue weighted by molar-refractivity contribution is -0.150. The van der Waals surface area contributed by atoms with Crippen molar-refractivity contribution in [2.75, 3.05) is 6.61 Å². The fourth-order valence-corrected chi connectivity index (χ4v) is 4.30. The highest BCUT2D eigenvalue weighted by Gasteiger charge is 2.38. The van der Waals surface area contributed by atoms with Crippen molar-refractivity contribution < 1.29 is 27.5 Å². The summed E-state index contributed by atoms with van der Waals surface area (Å²) in [6.07, 6.45) is -4.75. The van der Waals surface area contributed by atoms with E-state index in [2.05, 4.69) is 18.8 Å². The molecule has 6 nitrogen and oxygen atoms in total. The van der Waals surface area contributed by atoms with Crippen LogP contribution in [0.4, 0.5) is 13.2 Å². The molecule has 0 N–H and O–H groups in total. The first-order valence-corrected chi connectivity index (χ1v) is 11.5. The predicted octanol–water partition coefficient (Wildman–Crippen LogP) is 6.01. The number of benzene rings is 2. The van der Waals surface area contributed by atoms with Gasteiger partial charge in [-0.15, -0.1) is 0 Å². The first-order chi connectivity index (χ1) is 17.0. The smallest absolute Gasteiger partial charge is 0.449 e. The van der Waals surface area contributed by atoms with Crippen LogP contribution in [0.5, 0.6) is 0 Å². The lowest BCUT2D eigenvalue weighted by Crippen LogP contribution is -2.22. The molecule has 0 saturated carbocycles. The Kier molecular flexibility index (Phi) is 6.75. The van der Waals surface area contributed by atoms with E-state index in [9.17, 15) is 22.8 Å². The lowest BCUT2D eigenvalue weighted by atomic mass is 10.0. The lowest BCUT2D eigenvalue weighted by Gasteiger charge is -2.12. The maximum Gasteiger partial charge on any atom is 0.449 e. The summed E-state index contributed by atoms with van der Waals surface area (Å²) in [6.45, 7) is 6.59. The third-order valence-electron chi connectivity index (χ3n) is 6.11. The maximum atomic E-state index is 13.5. The Morgan fingerprint density at radius 1 is 1.03 bits per heavy atom. The second-order valence-corrected chi connectivity index (χ2v) is 8.96. The van der Waals surface area contributed by atoms with Gasteiger partial charge in [-0.2, -0.15) is 13.2 Å². The second kappa shape index (κ2) is 9.64. The maximum absolute atomic E-state index is 13.5. The van der Waals surface area contributed by atoms with E-state index in [1.807, 2.05) is 35.8 Å². The van der Waals surface area contributed by atoms with E-state index < -0.39 is 36.9 Å². The fourth-order valence-electron chi connectivity index (χ4n) is 4.30. The molecule has 2 aromatic carbocycles. The van der Waals surface area contributed by atoms with Crippen LogP contribution in [0, 0.1) is 13.8 Å². The molecule has 0 aliphatic rings. The monoisotopic (exact) mass is 497 g/mol. The molecule has 0 bridgehead atoms. The zero-order valence-electron chi connectivity index (χ0n) is 20.4. The minimum Gasteiger partial charge on any atom is -0.456 e. The van der Waals surface area contributed by atoms with Gasteiger partial charge in [0.05, 0.1) is 11.0 Å². The highest BCUT2D eigenvalue weighted by atomic mass is 19.4. The molecule has 36 heavy (non-hydrogen) atoms. The fraction of sp³-hybridized carbons (Fsp3) is 0.296. The van der Waals surface area contributed by atoms with E-state index in [1.54, 1.807) is 25.1 Å². The minimum atomic E-state index is -4.75. The van der Waals surface area contributed by atoms with Gasteiger partial charge in [-0.25, -0.2) is 4.98 Å². The van der Waals surface area contributed by atoms with Crippen molar-refractivity contribution in [3.8, 4) is 5.69 Å². The van der Waals surface area contributed by atoms with Crippen molar-refractivity contribution in [2.24, 2.45) is 0 Å². The summed E-state index contributed by atoms with van der Waals surface area (Å²) >= 11 is 0. The Hall–Kier alpha value is -3.88. The number of aryl methyl sites for hydroxylation is 1. The Morgan fingerprint density at radius 3 is 2.33 bits per heavy atom. The Bertz CT molecular complexity index is 1430. The van der Waals surface area contributed by atoms with Gasteiger partial charge in [0.1, 0.15) is 6.54 Å². The highest BCUT2D eigenvalue weighted by molar-refractivity contribution is 5.99. The van der Waals surface area contributed by atoms with Crippen molar-refractivity contribution in [3.05, 3.63) is 82.9 Å². The number of para-hydroxylation sites is 2. The van der Waals surface area contributed by atoms with Gasteiger partial charge in [0.15, 0.2) is 6.61 Å². The van der Waals surface area contributed by atoms with Crippen LogP contribution < -0.4 is 0 Å². The number of imidazole rings is 1. The van der Waals surface area contributed by atoms with Gasteiger partial charge >= 0.3 is 12.1 Å². The summed E-state index contributed by atoms with van der Waals surface area (Å²) < 4.78 is 48.2. The van der Waals surface area contributed by atoms with Crippen LogP contribution >= 0.6 is 0 Å². The van der Waals surface area contributed by atoms with Crippen LogP contribution in [0.15, 0.2) is 54.6 Å². The normalized spacial score (nSPS) is 11.9. The van der Waals surface area contributed by atoms with E-state index in [0.717, 1.165) is 15.9 Å². The average Bonchev–Trinajstić information content (AvgIpc) is 3.34. The molecule has 0 amide bonds. The number of hydrogen-bond donors (Lipinski definition) is 0. The van der Waals surface area contributed by atoms with Crippen molar-refractivity contribution >= 4 is 22.8 Å². The quantitative estimate of drug-likeness (QED) is 0.232. The predicted molar refractivity (Wildman–Crippen MR) is 129 cm³/mol. The first kappa shape index (κ1) is 25.2. The van der Waals surface area contributed by atoms with Crippen molar-refractivity contribution in [1.29, 1.82) is 0 Å². The summed E-state index contributed by atoms with van der Waals surface area (Å²) in [6, 6.07) is 15.8. The van der Waals surface area contributed by atoms with Gasteiger partial charge in [0.25, 0.3) is 0 Å². The number of carbonyl (C=O) groups excluding carboxylic acids is 2. The van der Waals surface area contributed by atoms with Gasteiger partial charge in [-0.05, 0) is 55.7 Å². The topological polar surface area (TPSA) is 66.1 Å². The molecule has 0 saturated heterocycles. The summed E-state index contributed by atoms with van der Waals surface area (Å²) in [7, 11) is 0. The number of alkyl halides is 3. The molecular formula is C27H26F3N3O3. The van der Waals surface area contributed by atoms with E-state index in [-0.39, 0.29) is 11.0 Å². The molecule has 2 heterocycles.